The highest BCUT2D eigenvalue weighted by Crippen LogP contribution is 2.14. The standard InChI is InChI=1S/C19H36N4O4/c1-23(2)18(24)14-22-19(21-13-17-5-3-10-27-17)20-8-4-9-26-15-16-6-11-25-12-7-16/h16-17H,3-15H2,1-2H3,(H2,20,21,22). The lowest BCUT2D eigenvalue weighted by Crippen LogP contribution is -2.42. The summed E-state index contributed by atoms with van der Waals surface area (Å²) >= 11 is 0. The van der Waals surface area contributed by atoms with Crippen LogP contribution in [0.1, 0.15) is 32.1 Å². The van der Waals surface area contributed by atoms with Crippen LogP contribution in [0, 0.1) is 5.92 Å². The fourth-order valence-electron chi connectivity index (χ4n) is 3.02. The molecule has 1 unspecified atom stereocenters. The summed E-state index contributed by atoms with van der Waals surface area (Å²) in [5.41, 5.74) is 0. The van der Waals surface area contributed by atoms with Crippen LogP contribution in [0.25, 0.3) is 0 Å². The summed E-state index contributed by atoms with van der Waals surface area (Å²) in [6, 6.07) is 0. The highest BCUT2D eigenvalue weighted by Gasteiger charge is 2.16. The van der Waals surface area contributed by atoms with Crippen molar-refractivity contribution in [3.05, 3.63) is 0 Å². The van der Waals surface area contributed by atoms with E-state index in [0.717, 1.165) is 71.7 Å². The van der Waals surface area contributed by atoms with Gasteiger partial charge in [-0.3, -0.25) is 4.79 Å². The van der Waals surface area contributed by atoms with E-state index in [9.17, 15) is 4.79 Å². The molecule has 0 radical (unpaired) electrons. The van der Waals surface area contributed by atoms with E-state index >= 15 is 0 Å². The van der Waals surface area contributed by atoms with Crippen molar-refractivity contribution in [3.8, 4) is 0 Å². The molecule has 0 saturated carbocycles. The third-order valence-electron chi connectivity index (χ3n) is 4.84. The second-order valence-corrected chi connectivity index (χ2v) is 7.38. The lowest BCUT2D eigenvalue weighted by atomic mass is 10.0. The Morgan fingerprint density at radius 1 is 1.19 bits per heavy atom. The van der Waals surface area contributed by atoms with Gasteiger partial charge in [-0.2, -0.15) is 0 Å². The minimum absolute atomic E-state index is 0.0204. The Morgan fingerprint density at radius 3 is 2.70 bits per heavy atom. The van der Waals surface area contributed by atoms with E-state index in [0.29, 0.717) is 18.4 Å². The van der Waals surface area contributed by atoms with Gasteiger partial charge >= 0.3 is 0 Å². The predicted molar refractivity (Wildman–Crippen MR) is 105 cm³/mol. The van der Waals surface area contributed by atoms with Gasteiger partial charge in [-0.05, 0) is 38.0 Å². The van der Waals surface area contributed by atoms with Gasteiger partial charge in [-0.25, -0.2) is 4.99 Å². The Bertz CT molecular complexity index is 447. The van der Waals surface area contributed by atoms with E-state index in [-0.39, 0.29) is 18.6 Å². The van der Waals surface area contributed by atoms with Gasteiger partial charge in [0.05, 0.1) is 6.10 Å². The minimum Gasteiger partial charge on any atom is -0.381 e. The maximum absolute atomic E-state index is 11.8. The van der Waals surface area contributed by atoms with Crippen LogP contribution in [0.3, 0.4) is 0 Å². The zero-order valence-corrected chi connectivity index (χ0v) is 16.9. The molecule has 2 N–H and O–H groups in total. The molecule has 0 aromatic heterocycles. The van der Waals surface area contributed by atoms with Crippen molar-refractivity contribution in [2.75, 3.05) is 66.8 Å². The van der Waals surface area contributed by atoms with Crippen LogP contribution in [0.4, 0.5) is 0 Å². The van der Waals surface area contributed by atoms with Crippen molar-refractivity contribution in [2.45, 2.75) is 38.2 Å². The Balaban J connectivity index is 1.63. The van der Waals surface area contributed by atoms with E-state index in [2.05, 4.69) is 15.6 Å². The number of carbonyl (C=O) groups excluding carboxylic acids is 1. The first kappa shape index (κ1) is 21.9. The Hall–Kier alpha value is -1.38. The molecule has 1 amide bonds. The van der Waals surface area contributed by atoms with Crippen LogP contribution >= 0.6 is 0 Å². The number of guanidine groups is 1. The number of nitrogens with one attached hydrogen (secondary N) is 2. The maximum Gasteiger partial charge on any atom is 0.243 e. The molecule has 2 heterocycles. The molecule has 2 fully saturated rings. The number of hydrogen-bond acceptors (Lipinski definition) is 5. The smallest absolute Gasteiger partial charge is 0.243 e. The molecule has 8 heteroatoms. The minimum atomic E-state index is -0.0204. The average Bonchev–Trinajstić information content (AvgIpc) is 3.20. The number of ether oxygens (including phenoxy) is 3. The number of rotatable bonds is 10. The van der Waals surface area contributed by atoms with Crippen LogP contribution in [0.2, 0.25) is 0 Å². The molecule has 0 aliphatic carbocycles. The van der Waals surface area contributed by atoms with Gasteiger partial charge in [-0.15, -0.1) is 0 Å². The van der Waals surface area contributed by atoms with Gasteiger partial charge in [0.15, 0.2) is 5.96 Å². The zero-order chi connectivity index (χ0) is 19.3. The summed E-state index contributed by atoms with van der Waals surface area (Å²) in [7, 11) is 3.47. The Labute approximate surface area is 163 Å². The summed E-state index contributed by atoms with van der Waals surface area (Å²) in [6.07, 6.45) is 5.49. The molecule has 2 saturated heterocycles. The molecular weight excluding hydrogens is 348 g/mol. The van der Waals surface area contributed by atoms with Gasteiger partial charge < -0.3 is 29.7 Å². The molecule has 1 atom stereocenters. The fraction of sp³-hybridized carbons (Fsp3) is 0.895. The van der Waals surface area contributed by atoms with Crippen LogP contribution in [-0.4, -0.2) is 89.6 Å². The first-order valence-corrected chi connectivity index (χ1v) is 10.1. The van der Waals surface area contributed by atoms with E-state index < -0.39 is 0 Å². The number of nitrogens with zero attached hydrogens (tertiary/aromatic N) is 2. The Morgan fingerprint density at radius 2 is 2.00 bits per heavy atom. The molecule has 8 nitrogen and oxygen atoms in total. The summed E-state index contributed by atoms with van der Waals surface area (Å²) < 4.78 is 16.8. The second kappa shape index (κ2) is 12.9. The molecule has 0 aromatic carbocycles. The molecule has 27 heavy (non-hydrogen) atoms. The van der Waals surface area contributed by atoms with Gasteiger partial charge in [-0.1, -0.05) is 0 Å². The normalized spacial score (nSPS) is 21.3. The van der Waals surface area contributed by atoms with E-state index in [1.165, 1.54) is 0 Å². The summed E-state index contributed by atoms with van der Waals surface area (Å²) in [6.45, 7) is 5.68. The molecule has 156 valence electrons. The van der Waals surface area contributed by atoms with E-state index in [1.807, 2.05) is 0 Å². The van der Waals surface area contributed by atoms with Crippen LogP contribution in [0.5, 0.6) is 0 Å². The largest absolute Gasteiger partial charge is 0.381 e. The van der Waals surface area contributed by atoms with E-state index in [1.54, 1.807) is 19.0 Å². The van der Waals surface area contributed by atoms with Gasteiger partial charge in [0.1, 0.15) is 6.54 Å². The molecule has 0 spiro atoms. The average molecular weight is 385 g/mol. The third kappa shape index (κ3) is 9.39. The quantitative estimate of drug-likeness (QED) is 0.326. The zero-order valence-electron chi connectivity index (χ0n) is 16.9. The van der Waals surface area contributed by atoms with E-state index in [4.69, 9.17) is 14.2 Å². The molecule has 0 aromatic rings. The van der Waals surface area contributed by atoms with Crippen molar-refractivity contribution < 1.29 is 19.0 Å². The first-order chi connectivity index (χ1) is 13.1. The topological polar surface area (TPSA) is 84.4 Å². The SMILES string of the molecule is CN(C)C(=O)CN=C(NCCCOCC1CCOCC1)NCC1CCCO1. The van der Waals surface area contributed by atoms with Crippen molar-refractivity contribution >= 4 is 11.9 Å². The Kier molecular flexibility index (Phi) is 10.5. The molecule has 0 bridgehead atoms. The number of likely N-dealkylation sites (N-methyl/N-ethyl adjacent to an activating group) is 1. The predicted octanol–water partition coefficient (Wildman–Crippen LogP) is 0.622. The number of carbonyl (C=O) groups is 1. The van der Waals surface area contributed by atoms with Crippen LogP contribution in [-0.2, 0) is 19.0 Å². The van der Waals surface area contributed by atoms with Crippen LogP contribution < -0.4 is 10.6 Å². The number of amides is 1. The summed E-state index contributed by atoms with van der Waals surface area (Å²) in [5.74, 6) is 1.27. The van der Waals surface area contributed by atoms with Crippen molar-refractivity contribution in [1.82, 2.24) is 15.5 Å². The summed E-state index contributed by atoms with van der Waals surface area (Å²) in [5, 5.41) is 6.58. The van der Waals surface area contributed by atoms with Crippen LogP contribution in [0.15, 0.2) is 4.99 Å². The fourth-order valence-corrected chi connectivity index (χ4v) is 3.02. The maximum atomic E-state index is 11.8. The lowest BCUT2D eigenvalue weighted by Gasteiger charge is -2.21. The molecule has 2 rings (SSSR count). The molecule has 2 aliphatic heterocycles. The lowest BCUT2D eigenvalue weighted by molar-refractivity contribution is -0.127. The second-order valence-electron chi connectivity index (χ2n) is 7.38. The van der Waals surface area contributed by atoms with Gasteiger partial charge in [0.2, 0.25) is 5.91 Å². The first-order valence-electron chi connectivity index (χ1n) is 10.1. The monoisotopic (exact) mass is 384 g/mol. The van der Waals surface area contributed by atoms with Gasteiger partial charge in [0.25, 0.3) is 0 Å². The summed E-state index contributed by atoms with van der Waals surface area (Å²) in [4.78, 5) is 17.7. The van der Waals surface area contributed by atoms with Gasteiger partial charge in [0, 0.05) is 60.2 Å². The van der Waals surface area contributed by atoms with Crippen molar-refractivity contribution in [3.63, 3.8) is 0 Å². The highest BCUT2D eigenvalue weighted by molar-refractivity contribution is 5.84. The van der Waals surface area contributed by atoms with Crippen molar-refractivity contribution in [2.24, 2.45) is 10.9 Å². The molecular formula is C19H36N4O4. The molecule has 2 aliphatic rings. The van der Waals surface area contributed by atoms with Crippen molar-refractivity contribution in [1.29, 1.82) is 0 Å². The highest BCUT2D eigenvalue weighted by atomic mass is 16.5. The third-order valence-corrected chi connectivity index (χ3v) is 4.84. The number of aliphatic imine (C=N–C) groups is 1. The number of hydrogen-bond donors (Lipinski definition) is 2.